The van der Waals surface area contributed by atoms with Crippen molar-refractivity contribution in [3.63, 3.8) is 0 Å². The zero-order valence-corrected chi connectivity index (χ0v) is 6.70. The molecule has 1 aliphatic rings. The van der Waals surface area contributed by atoms with Gasteiger partial charge in [0.2, 0.25) is 0 Å². The van der Waals surface area contributed by atoms with E-state index in [0.717, 1.165) is 5.69 Å². The highest BCUT2D eigenvalue weighted by Crippen LogP contribution is 2.15. The van der Waals surface area contributed by atoms with Gasteiger partial charge in [0.1, 0.15) is 0 Å². The van der Waals surface area contributed by atoms with Crippen molar-refractivity contribution < 1.29 is 5.11 Å². The van der Waals surface area contributed by atoms with Gasteiger partial charge < -0.3 is 10.4 Å². The van der Waals surface area contributed by atoms with Gasteiger partial charge in [0.25, 0.3) is 0 Å². The lowest BCUT2D eigenvalue weighted by Crippen LogP contribution is -2.60. The molecule has 2 rings (SSSR count). The van der Waals surface area contributed by atoms with Gasteiger partial charge in [-0.15, -0.1) is 0 Å². The Morgan fingerprint density at radius 2 is 2.33 bits per heavy atom. The van der Waals surface area contributed by atoms with Crippen LogP contribution in [0.4, 0.5) is 0 Å². The highest BCUT2D eigenvalue weighted by atomic mass is 16.3. The molecule has 1 aromatic rings. The molecule has 0 radical (unpaired) electrons. The fourth-order valence-electron chi connectivity index (χ4n) is 1.30. The minimum Gasteiger partial charge on any atom is -0.387 e. The third-order valence-corrected chi connectivity index (χ3v) is 2.03. The zero-order chi connectivity index (χ0) is 8.44. The molecule has 2 N–H and O–H groups in total. The van der Waals surface area contributed by atoms with E-state index < -0.39 is 5.60 Å². The average Bonchev–Trinajstić information content (AvgIpc) is 2.04. The summed E-state index contributed by atoms with van der Waals surface area (Å²) in [5.41, 5.74) is 0.261. The molecule has 2 heterocycles. The third-order valence-electron chi connectivity index (χ3n) is 2.03. The molecule has 12 heavy (non-hydrogen) atoms. The summed E-state index contributed by atoms with van der Waals surface area (Å²) in [4.78, 5) is 8.03. The molecule has 0 amide bonds. The Labute approximate surface area is 70.7 Å². The van der Waals surface area contributed by atoms with Crippen LogP contribution in [0.2, 0.25) is 0 Å². The number of aliphatic hydroxyl groups is 1. The van der Waals surface area contributed by atoms with Gasteiger partial charge >= 0.3 is 0 Å². The predicted octanol–water partition coefficient (Wildman–Crippen LogP) is -0.647. The molecule has 64 valence electrons. The molecule has 1 aliphatic heterocycles. The zero-order valence-electron chi connectivity index (χ0n) is 6.70. The summed E-state index contributed by atoms with van der Waals surface area (Å²) in [6.45, 7) is 1.31. The van der Waals surface area contributed by atoms with E-state index in [1.54, 1.807) is 18.6 Å². The van der Waals surface area contributed by atoms with Crippen LogP contribution >= 0.6 is 0 Å². The van der Waals surface area contributed by atoms with Crippen molar-refractivity contribution in [3.8, 4) is 0 Å². The van der Waals surface area contributed by atoms with Gasteiger partial charge in [-0.1, -0.05) is 0 Å². The van der Waals surface area contributed by atoms with Crippen molar-refractivity contribution in [2.24, 2.45) is 0 Å². The van der Waals surface area contributed by atoms with Crippen LogP contribution in [0.15, 0.2) is 18.6 Å². The second kappa shape index (κ2) is 2.80. The number of β-amino-alcohol motifs (C(OH)–C–C–N with tert-alkyl or cyclic N) is 1. The molecule has 0 aliphatic carbocycles. The first-order valence-electron chi connectivity index (χ1n) is 3.97. The summed E-state index contributed by atoms with van der Waals surface area (Å²) >= 11 is 0. The van der Waals surface area contributed by atoms with Crippen molar-refractivity contribution in [1.82, 2.24) is 15.3 Å². The topological polar surface area (TPSA) is 58.0 Å². The lowest BCUT2D eigenvalue weighted by molar-refractivity contribution is -0.00988. The van der Waals surface area contributed by atoms with E-state index >= 15 is 0 Å². The van der Waals surface area contributed by atoms with Gasteiger partial charge in [-0.3, -0.25) is 9.97 Å². The van der Waals surface area contributed by atoms with Gasteiger partial charge in [-0.05, 0) is 0 Å². The van der Waals surface area contributed by atoms with Gasteiger partial charge in [-0.2, -0.15) is 0 Å². The Kier molecular flexibility index (Phi) is 1.78. The number of rotatable bonds is 2. The Morgan fingerprint density at radius 3 is 2.83 bits per heavy atom. The van der Waals surface area contributed by atoms with Crippen LogP contribution in [0.1, 0.15) is 5.69 Å². The Balaban J connectivity index is 2.04. The highest BCUT2D eigenvalue weighted by Gasteiger charge is 2.34. The fraction of sp³-hybridized carbons (Fsp3) is 0.500. The molecule has 0 atom stereocenters. The van der Waals surface area contributed by atoms with Crippen LogP contribution in [-0.4, -0.2) is 33.8 Å². The standard InChI is InChI=1S/C8H11N3O/c12-8(5-10-6-8)3-7-4-9-1-2-11-7/h1-2,4,10,12H,3,5-6H2. The van der Waals surface area contributed by atoms with Gasteiger partial charge in [0, 0.05) is 38.1 Å². The normalized spacial score (nSPS) is 20.1. The molecule has 0 bridgehead atoms. The number of nitrogens with zero attached hydrogens (tertiary/aromatic N) is 2. The maximum atomic E-state index is 9.73. The van der Waals surface area contributed by atoms with Crippen molar-refractivity contribution in [3.05, 3.63) is 24.3 Å². The van der Waals surface area contributed by atoms with Crippen LogP contribution in [0.25, 0.3) is 0 Å². The Hall–Kier alpha value is -1.00. The fourth-order valence-corrected chi connectivity index (χ4v) is 1.30. The van der Waals surface area contributed by atoms with E-state index in [1.165, 1.54) is 0 Å². The second-order valence-corrected chi connectivity index (χ2v) is 3.20. The molecule has 0 saturated carbocycles. The van der Waals surface area contributed by atoms with E-state index in [1.807, 2.05) is 0 Å². The first-order chi connectivity index (χ1) is 5.79. The quantitative estimate of drug-likeness (QED) is 0.611. The van der Waals surface area contributed by atoms with Gasteiger partial charge in [-0.25, -0.2) is 0 Å². The van der Waals surface area contributed by atoms with Gasteiger partial charge in [0.15, 0.2) is 0 Å². The molecule has 0 spiro atoms. The minimum absolute atomic E-state index is 0.587. The van der Waals surface area contributed by atoms with Crippen LogP contribution in [0.5, 0.6) is 0 Å². The van der Waals surface area contributed by atoms with Crippen LogP contribution in [0, 0.1) is 0 Å². The van der Waals surface area contributed by atoms with Crippen molar-refractivity contribution >= 4 is 0 Å². The minimum atomic E-state index is -0.587. The summed E-state index contributed by atoms with van der Waals surface area (Å²) in [7, 11) is 0. The first-order valence-corrected chi connectivity index (χ1v) is 3.97. The smallest absolute Gasteiger partial charge is 0.0950 e. The highest BCUT2D eigenvalue weighted by molar-refractivity contribution is 5.05. The summed E-state index contributed by atoms with van der Waals surface area (Å²) < 4.78 is 0. The van der Waals surface area contributed by atoms with E-state index in [-0.39, 0.29) is 0 Å². The van der Waals surface area contributed by atoms with Crippen LogP contribution in [0.3, 0.4) is 0 Å². The summed E-state index contributed by atoms with van der Waals surface area (Å²) in [6, 6.07) is 0. The SMILES string of the molecule is OC1(Cc2cnccn2)CNC1. The molecule has 1 fully saturated rings. The molecule has 1 aromatic heterocycles. The first kappa shape index (κ1) is 7.64. The monoisotopic (exact) mass is 165 g/mol. The van der Waals surface area contributed by atoms with Crippen molar-refractivity contribution in [2.45, 2.75) is 12.0 Å². The maximum Gasteiger partial charge on any atom is 0.0950 e. The number of aromatic nitrogens is 2. The Bertz CT molecular complexity index is 258. The van der Waals surface area contributed by atoms with E-state index in [9.17, 15) is 5.11 Å². The molecule has 0 aromatic carbocycles. The van der Waals surface area contributed by atoms with E-state index in [0.29, 0.717) is 19.5 Å². The molecule has 0 unspecified atom stereocenters. The predicted molar refractivity (Wildman–Crippen MR) is 43.6 cm³/mol. The molecule has 4 heteroatoms. The number of nitrogens with one attached hydrogen (secondary N) is 1. The Morgan fingerprint density at radius 1 is 1.50 bits per heavy atom. The van der Waals surface area contributed by atoms with Crippen LogP contribution in [-0.2, 0) is 6.42 Å². The molecule has 4 nitrogen and oxygen atoms in total. The number of hydrogen-bond acceptors (Lipinski definition) is 4. The summed E-state index contributed by atoms with van der Waals surface area (Å²) in [5.74, 6) is 0. The van der Waals surface area contributed by atoms with Crippen molar-refractivity contribution in [2.75, 3.05) is 13.1 Å². The maximum absolute atomic E-state index is 9.73. The second-order valence-electron chi connectivity index (χ2n) is 3.20. The van der Waals surface area contributed by atoms with Crippen LogP contribution < -0.4 is 5.32 Å². The molecule has 1 saturated heterocycles. The van der Waals surface area contributed by atoms with E-state index in [2.05, 4.69) is 15.3 Å². The largest absolute Gasteiger partial charge is 0.387 e. The molecular weight excluding hydrogens is 154 g/mol. The van der Waals surface area contributed by atoms with Gasteiger partial charge in [0.05, 0.1) is 11.3 Å². The third kappa shape index (κ3) is 1.44. The summed E-state index contributed by atoms with van der Waals surface area (Å²) in [5, 5.41) is 12.8. The van der Waals surface area contributed by atoms with E-state index in [4.69, 9.17) is 0 Å². The lowest BCUT2D eigenvalue weighted by Gasteiger charge is -2.37. The van der Waals surface area contributed by atoms with Crippen molar-refractivity contribution in [1.29, 1.82) is 0 Å². The average molecular weight is 165 g/mol. The number of hydrogen-bond donors (Lipinski definition) is 2. The summed E-state index contributed by atoms with van der Waals surface area (Å²) in [6.07, 6.45) is 5.56. The lowest BCUT2D eigenvalue weighted by atomic mass is 9.92. The molecular formula is C8H11N3O.